The molecule has 0 bridgehead atoms. The molecule has 0 radical (unpaired) electrons. The molecule has 10 rings (SSSR count). The van der Waals surface area contributed by atoms with E-state index in [0.717, 1.165) is 85.6 Å². The van der Waals surface area contributed by atoms with Crippen LogP contribution < -0.4 is 4.31 Å². The minimum absolute atomic E-state index is 0.470. The molecule has 9 aromatic rings. The van der Waals surface area contributed by atoms with Crippen molar-refractivity contribution in [3.05, 3.63) is 139 Å². The molecule has 7 aromatic carbocycles. The molecule has 0 N–H and O–H groups in total. The number of hydrogen-bond acceptors (Lipinski definition) is 5. The van der Waals surface area contributed by atoms with Gasteiger partial charge in [-0.25, -0.2) is 14.3 Å². The third-order valence-corrected chi connectivity index (χ3v) is 10.9. The van der Waals surface area contributed by atoms with Gasteiger partial charge in [0.15, 0.2) is 0 Å². The van der Waals surface area contributed by atoms with Crippen LogP contribution in [-0.2, 0) is 0 Å². The maximum absolute atomic E-state index is 9.31. The Morgan fingerprint density at radius 2 is 1.29 bits per heavy atom. The summed E-state index contributed by atoms with van der Waals surface area (Å²) in [5.41, 5.74) is 5.88. The summed E-state index contributed by atoms with van der Waals surface area (Å²) in [6.07, 6.45) is 0. The van der Waals surface area contributed by atoms with Crippen LogP contribution >= 0.6 is 23.3 Å². The van der Waals surface area contributed by atoms with E-state index in [2.05, 4.69) is 71.0 Å². The first-order chi connectivity index (χ1) is 23.2. The van der Waals surface area contributed by atoms with Gasteiger partial charge in [0.2, 0.25) is 5.95 Å². The highest BCUT2D eigenvalue weighted by Crippen LogP contribution is 2.59. The molecule has 1 aliphatic rings. The molecule has 0 amide bonds. The van der Waals surface area contributed by atoms with Crippen LogP contribution in [0.4, 0.5) is 11.6 Å². The SMILES string of the molecule is [2H]c1cc2ccccc2c2c1SN(c1nc(-c3ccccc3)c3ccccc3n1)c1c-2c2ccccc2c2c1sc1c([2H])cccc12. The third kappa shape index (κ3) is 3.65. The summed E-state index contributed by atoms with van der Waals surface area (Å²) in [7, 11) is 0. The van der Waals surface area contributed by atoms with E-state index in [1.54, 1.807) is 11.3 Å². The van der Waals surface area contributed by atoms with Gasteiger partial charge in [-0.15, -0.1) is 11.3 Å². The lowest BCUT2D eigenvalue weighted by atomic mass is 9.90. The highest BCUT2D eigenvalue weighted by atomic mass is 32.2. The molecular weight excluding hydrogens is 587 g/mol. The van der Waals surface area contributed by atoms with Crippen molar-refractivity contribution in [3.63, 3.8) is 0 Å². The van der Waals surface area contributed by atoms with Gasteiger partial charge in [-0.1, -0.05) is 121 Å². The predicted molar refractivity (Wildman–Crippen MR) is 193 cm³/mol. The van der Waals surface area contributed by atoms with Crippen LogP contribution in [0.1, 0.15) is 2.74 Å². The molecule has 0 saturated carbocycles. The standard InChI is InChI=1S/C40H23N3S2/c1-2-13-25(14-3-1)37-29-18-8-10-20-31(29)41-40(42-37)43-38-36(35-26-15-5-4-12-24(26)22-23-33(35)45-43)28-17-7-6-16-27(28)34-30-19-9-11-21-32(30)44-39(34)38/h1-23H/i21D,23D. The van der Waals surface area contributed by atoms with Gasteiger partial charge < -0.3 is 0 Å². The number of thiophene rings is 1. The van der Waals surface area contributed by atoms with Crippen LogP contribution in [0.5, 0.6) is 0 Å². The number of benzene rings is 7. The van der Waals surface area contributed by atoms with Crippen molar-refractivity contribution in [1.82, 2.24) is 9.97 Å². The van der Waals surface area contributed by atoms with E-state index in [-0.39, 0.29) is 0 Å². The van der Waals surface area contributed by atoms with Crippen molar-refractivity contribution in [2.45, 2.75) is 4.90 Å². The van der Waals surface area contributed by atoms with Gasteiger partial charge in [-0.05, 0) is 51.6 Å². The van der Waals surface area contributed by atoms with Crippen LogP contribution in [0.15, 0.2) is 144 Å². The summed E-state index contributed by atoms with van der Waals surface area (Å²) >= 11 is 3.18. The maximum atomic E-state index is 9.31. The summed E-state index contributed by atoms with van der Waals surface area (Å²) in [6, 6.07) is 44.3. The van der Waals surface area contributed by atoms with Crippen molar-refractivity contribution < 1.29 is 2.74 Å². The van der Waals surface area contributed by atoms with Gasteiger partial charge in [0.25, 0.3) is 0 Å². The summed E-state index contributed by atoms with van der Waals surface area (Å²) < 4.78 is 22.4. The average molecular weight is 612 g/mol. The lowest BCUT2D eigenvalue weighted by molar-refractivity contribution is 1.17. The van der Waals surface area contributed by atoms with Crippen LogP contribution in [0.25, 0.3) is 75.0 Å². The Morgan fingerprint density at radius 3 is 2.18 bits per heavy atom. The molecule has 0 fully saturated rings. The first-order valence-electron chi connectivity index (χ1n) is 15.9. The van der Waals surface area contributed by atoms with E-state index in [9.17, 15) is 1.37 Å². The summed E-state index contributed by atoms with van der Waals surface area (Å²) in [4.78, 5) is 11.4. The first-order valence-corrected chi connectivity index (χ1v) is 16.4. The molecule has 210 valence electrons. The zero-order valence-electron chi connectivity index (χ0n) is 25.8. The summed E-state index contributed by atoms with van der Waals surface area (Å²) in [5.74, 6) is 0.562. The fourth-order valence-corrected chi connectivity index (χ4v) is 9.09. The quantitative estimate of drug-likeness (QED) is 0.182. The average Bonchev–Trinajstić information content (AvgIpc) is 3.52. The summed E-state index contributed by atoms with van der Waals surface area (Å²) in [6.45, 7) is 0. The summed E-state index contributed by atoms with van der Waals surface area (Å²) in [5, 5.41) is 7.60. The molecule has 0 unspecified atom stereocenters. The van der Waals surface area contributed by atoms with Gasteiger partial charge in [0, 0.05) is 42.4 Å². The number of anilines is 2. The second kappa shape index (κ2) is 9.63. The Hall–Kier alpha value is -5.23. The smallest absolute Gasteiger partial charge is 0.241 e. The van der Waals surface area contributed by atoms with E-state index in [0.29, 0.717) is 18.0 Å². The molecule has 0 saturated heterocycles. The van der Waals surface area contributed by atoms with Crippen molar-refractivity contribution >= 4 is 87.5 Å². The molecule has 0 aliphatic carbocycles. The van der Waals surface area contributed by atoms with Gasteiger partial charge in [0.1, 0.15) is 0 Å². The zero-order valence-corrected chi connectivity index (χ0v) is 25.4. The topological polar surface area (TPSA) is 29.0 Å². The number of aromatic nitrogens is 2. The zero-order chi connectivity index (χ0) is 31.2. The fourth-order valence-electron chi connectivity index (χ4n) is 6.78. The molecule has 1 aliphatic heterocycles. The van der Waals surface area contributed by atoms with Gasteiger partial charge in [0.05, 0.1) is 24.3 Å². The Labute approximate surface area is 270 Å². The van der Waals surface area contributed by atoms with Crippen molar-refractivity contribution in [2.24, 2.45) is 0 Å². The van der Waals surface area contributed by atoms with E-state index >= 15 is 0 Å². The van der Waals surface area contributed by atoms with E-state index < -0.39 is 0 Å². The molecule has 5 heteroatoms. The third-order valence-electron chi connectivity index (χ3n) is 8.71. The number of nitrogens with zero attached hydrogens (tertiary/aromatic N) is 3. The van der Waals surface area contributed by atoms with E-state index in [1.807, 2.05) is 60.7 Å². The second-order valence-corrected chi connectivity index (χ2v) is 13.2. The van der Waals surface area contributed by atoms with Crippen molar-refractivity contribution in [1.29, 1.82) is 0 Å². The number of hydrogen-bond donors (Lipinski definition) is 0. The van der Waals surface area contributed by atoms with Crippen LogP contribution in [0, 0.1) is 0 Å². The number of rotatable bonds is 2. The monoisotopic (exact) mass is 611 g/mol. The molecule has 0 atom stereocenters. The molecule has 3 heterocycles. The Morgan fingerprint density at radius 1 is 0.578 bits per heavy atom. The van der Waals surface area contributed by atoms with Crippen LogP contribution in [-0.4, -0.2) is 9.97 Å². The Kier molecular flexibility index (Phi) is 4.96. The fraction of sp³-hybridized carbons (Fsp3) is 0. The molecule has 3 nitrogen and oxygen atoms in total. The number of para-hydroxylation sites is 1. The molecule has 0 spiro atoms. The van der Waals surface area contributed by atoms with Gasteiger partial charge in [-0.2, -0.15) is 0 Å². The van der Waals surface area contributed by atoms with Gasteiger partial charge >= 0.3 is 0 Å². The molecule has 45 heavy (non-hydrogen) atoms. The number of fused-ring (bicyclic) bond motifs is 13. The lowest BCUT2D eigenvalue weighted by Gasteiger charge is -2.32. The lowest BCUT2D eigenvalue weighted by Crippen LogP contribution is -2.16. The maximum Gasteiger partial charge on any atom is 0.241 e. The minimum atomic E-state index is 0.470. The van der Waals surface area contributed by atoms with Crippen molar-refractivity contribution in [2.75, 3.05) is 4.31 Å². The molecular formula is C40H23N3S2. The van der Waals surface area contributed by atoms with Crippen molar-refractivity contribution in [3.8, 4) is 22.4 Å². The van der Waals surface area contributed by atoms with E-state index in [1.165, 1.54) is 11.9 Å². The Balaban J connectivity index is 1.41. The molecule has 2 aromatic heterocycles. The first kappa shape index (κ1) is 23.2. The highest BCUT2D eigenvalue weighted by molar-refractivity contribution is 8.01. The normalized spacial score (nSPS) is 13.4. The predicted octanol–water partition coefficient (Wildman–Crippen LogP) is 11.8. The van der Waals surface area contributed by atoms with Crippen LogP contribution in [0.3, 0.4) is 0 Å². The van der Waals surface area contributed by atoms with Gasteiger partial charge in [-0.3, -0.25) is 0 Å². The second-order valence-electron chi connectivity index (χ2n) is 11.2. The van der Waals surface area contributed by atoms with E-state index in [4.69, 9.17) is 11.3 Å². The van der Waals surface area contributed by atoms with Crippen LogP contribution in [0.2, 0.25) is 0 Å². The Bertz CT molecular complexity index is 2760. The highest BCUT2D eigenvalue weighted by Gasteiger charge is 2.33. The largest absolute Gasteiger partial charge is 0.246 e. The minimum Gasteiger partial charge on any atom is -0.246 e.